The minimum absolute atomic E-state index is 0.310. The zero-order chi connectivity index (χ0) is 10.2. The summed E-state index contributed by atoms with van der Waals surface area (Å²) >= 11 is 0. The van der Waals surface area contributed by atoms with Gasteiger partial charge in [-0.1, -0.05) is 6.42 Å². The molecule has 14 heavy (non-hydrogen) atoms. The standard InChI is InChI=1S/C11H19NO2/c1-9(3-4-10(13)14)12-7-11(8-12)5-2-6-11/h9H,2-8H2,1H3,(H,13,14). The summed E-state index contributed by atoms with van der Waals surface area (Å²) in [5, 5.41) is 8.58. The second-order valence-electron chi connectivity index (χ2n) is 5.04. The molecule has 3 heteroatoms. The van der Waals surface area contributed by atoms with Gasteiger partial charge in [0.25, 0.3) is 0 Å². The van der Waals surface area contributed by atoms with Crippen LogP contribution >= 0.6 is 0 Å². The van der Waals surface area contributed by atoms with Gasteiger partial charge >= 0.3 is 5.97 Å². The minimum atomic E-state index is -0.671. The van der Waals surface area contributed by atoms with Crippen molar-refractivity contribution in [2.75, 3.05) is 13.1 Å². The van der Waals surface area contributed by atoms with Crippen LogP contribution in [0.25, 0.3) is 0 Å². The molecule has 80 valence electrons. The van der Waals surface area contributed by atoms with Gasteiger partial charge < -0.3 is 5.11 Å². The van der Waals surface area contributed by atoms with Crippen molar-refractivity contribution in [1.29, 1.82) is 0 Å². The highest BCUT2D eigenvalue weighted by Gasteiger charge is 2.48. The van der Waals surface area contributed by atoms with Crippen molar-refractivity contribution in [3.8, 4) is 0 Å². The van der Waals surface area contributed by atoms with Gasteiger partial charge in [-0.05, 0) is 31.6 Å². The van der Waals surface area contributed by atoms with Gasteiger partial charge in [0.15, 0.2) is 0 Å². The molecule has 1 unspecified atom stereocenters. The minimum Gasteiger partial charge on any atom is -0.481 e. The highest BCUT2D eigenvalue weighted by Crippen LogP contribution is 2.48. The molecular formula is C11H19NO2. The average molecular weight is 197 g/mol. The molecule has 0 aromatic heterocycles. The third-order valence-electron chi connectivity index (χ3n) is 3.89. The Balaban J connectivity index is 1.68. The summed E-state index contributed by atoms with van der Waals surface area (Å²) in [6.07, 6.45) is 5.30. The van der Waals surface area contributed by atoms with Gasteiger partial charge in [0, 0.05) is 25.6 Å². The molecule has 1 saturated carbocycles. The Kier molecular flexibility index (Phi) is 2.52. The monoisotopic (exact) mass is 197 g/mol. The molecule has 0 aromatic carbocycles. The van der Waals surface area contributed by atoms with E-state index in [0.717, 1.165) is 6.42 Å². The maximum Gasteiger partial charge on any atom is 0.303 e. The van der Waals surface area contributed by atoms with Gasteiger partial charge in [-0.25, -0.2) is 0 Å². The van der Waals surface area contributed by atoms with Crippen molar-refractivity contribution in [3.05, 3.63) is 0 Å². The Hall–Kier alpha value is -0.570. The summed E-state index contributed by atoms with van der Waals surface area (Å²) in [5.74, 6) is -0.671. The van der Waals surface area contributed by atoms with E-state index in [1.54, 1.807) is 0 Å². The van der Waals surface area contributed by atoms with Gasteiger partial charge in [-0.15, -0.1) is 0 Å². The predicted octanol–water partition coefficient (Wildman–Crippen LogP) is 1.73. The molecule has 0 amide bonds. The lowest BCUT2D eigenvalue weighted by Gasteiger charge is -2.58. The van der Waals surface area contributed by atoms with Gasteiger partial charge in [-0.2, -0.15) is 0 Å². The average Bonchev–Trinajstić information content (AvgIpc) is 1.95. The Labute approximate surface area is 85.1 Å². The maximum absolute atomic E-state index is 10.4. The molecule has 1 N–H and O–H groups in total. The number of hydrogen-bond acceptors (Lipinski definition) is 2. The van der Waals surface area contributed by atoms with Crippen LogP contribution in [0.5, 0.6) is 0 Å². The molecule has 0 aromatic rings. The van der Waals surface area contributed by atoms with E-state index in [1.165, 1.54) is 32.4 Å². The van der Waals surface area contributed by atoms with E-state index in [0.29, 0.717) is 17.9 Å². The van der Waals surface area contributed by atoms with Crippen LogP contribution in [0.2, 0.25) is 0 Å². The second-order valence-corrected chi connectivity index (χ2v) is 5.04. The summed E-state index contributed by atoms with van der Waals surface area (Å²) in [5.41, 5.74) is 0.664. The van der Waals surface area contributed by atoms with Gasteiger partial charge in [0.1, 0.15) is 0 Å². The lowest BCUT2D eigenvalue weighted by molar-refractivity contribution is -0.138. The van der Waals surface area contributed by atoms with Crippen molar-refractivity contribution in [2.45, 2.75) is 45.1 Å². The second kappa shape index (κ2) is 3.54. The van der Waals surface area contributed by atoms with E-state index < -0.39 is 5.97 Å². The quantitative estimate of drug-likeness (QED) is 0.746. The van der Waals surface area contributed by atoms with Crippen LogP contribution in [0.4, 0.5) is 0 Å². The van der Waals surface area contributed by atoms with Crippen molar-refractivity contribution < 1.29 is 9.90 Å². The van der Waals surface area contributed by atoms with Gasteiger partial charge in [0.05, 0.1) is 0 Å². The number of nitrogens with zero attached hydrogens (tertiary/aromatic N) is 1. The summed E-state index contributed by atoms with van der Waals surface area (Å²) in [4.78, 5) is 12.8. The number of carboxylic acid groups (broad SMARTS) is 1. The first-order valence-corrected chi connectivity index (χ1v) is 5.57. The fourth-order valence-corrected chi connectivity index (χ4v) is 2.63. The molecule has 1 aliphatic carbocycles. The van der Waals surface area contributed by atoms with Crippen LogP contribution in [0, 0.1) is 5.41 Å². The summed E-state index contributed by atoms with van der Waals surface area (Å²) in [6.45, 7) is 4.58. The summed E-state index contributed by atoms with van der Waals surface area (Å²) in [6, 6.07) is 0.456. The first-order chi connectivity index (χ1) is 6.61. The molecule has 1 atom stereocenters. The van der Waals surface area contributed by atoms with E-state index >= 15 is 0 Å². The van der Waals surface area contributed by atoms with E-state index in [-0.39, 0.29) is 0 Å². The maximum atomic E-state index is 10.4. The lowest BCUT2D eigenvalue weighted by atomic mass is 9.63. The van der Waals surface area contributed by atoms with Crippen molar-refractivity contribution in [1.82, 2.24) is 4.90 Å². The van der Waals surface area contributed by atoms with E-state index in [1.807, 2.05) is 0 Å². The van der Waals surface area contributed by atoms with Crippen LogP contribution in [0.3, 0.4) is 0 Å². The molecule has 3 nitrogen and oxygen atoms in total. The van der Waals surface area contributed by atoms with Gasteiger partial charge in [-0.3, -0.25) is 9.69 Å². The molecule has 1 aliphatic heterocycles. The normalized spacial score (nSPS) is 26.6. The molecule has 2 aliphatic rings. The Morgan fingerprint density at radius 3 is 2.57 bits per heavy atom. The molecule has 1 spiro atoms. The number of likely N-dealkylation sites (tertiary alicyclic amines) is 1. The highest BCUT2D eigenvalue weighted by molar-refractivity contribution is 5.66. The number of aliphatic carboxylic acids is 1. The van der Waals surface area contributed by atoms with E-state index in [9.17, 15) is 4.79 Å². The van der Waals surface area contributed by atoms with Crippen molar-refractivity contribution in [2.24, 2.45) is 5.41 Å². The van der Waals surface area contributed by atoms with Crippen molar-refractivity contribution >= 4 is 5.97 Å². The molecule has 2 rings (SSSR count). The highest BCUT2D eigenvalue weighted by atomic mass is 16.4. The fourth-order valence-electron chi connectivity index (χ4n) is 2.63. The first-order valence-electron chi connectivity index (χ1n) is 5.57. The Bertz CT molecular complexity index is 227. The number of carbonyl (C=O) groups is 1. The fraction of sp³-hybridized carbons (Fsp3) is 0.909. The molecule has 1 saturated heterocycles. The van der Waals surface area contributed by atoms with E-state index in [2.05, 4.69) is 11.8 Å². The van der Waals surface area contributed by atoms with Crippen LogP contribution in [0.15, 0.2) is 0 Å². The number of hydrogen-bond donors (Lipinski definition) is 1. The molecular weight excluding hydrogens is 178 g/mol. The lowest BCUT2D eigenvalue weighted by Crippen LogP contribution is -2.62. The predicted molar refractivity (Wildman–Crippen MR) is 54.2 cm³/mol. The zero-order valence-electron chi connectivity index (χ0n) is 8.83. The van der Waals surface area contributed by atoms with Gasteiger partial charge in [0.2, 0.25) is 0 Å². The van der Waals surface area contributed by atoms with E-state index in [4.69, 9.17) is 5.11 Å². The summed E-state index contributed by atoms with van der Waals surface area (Å²) in [7, 11) is 0. The van der Waals surface area contributed by atoms with Crippen LogP contribution < -0.4 is 0 Å². The largest absolute Gasteiger partial charge is 0.481 e. The Morgan fingerprint density at radius 1 is 1.50 bits per heavy atom. The Morgan fingerprint density at radius 2 is 2.14 bits per heavy atom. The SMILES string of the molecule is CC(CCC(=O)O)N1CC2(CCC2)C1. The smallest absolute Gasteiger partial charge is 0.303 e. The van der Waals surface area contributed by atoms with Crippen LogP contribution in [-0.4, -0.2) is 35.1 Å². The number of rotatable bonds is 4. The summed E-state index contributed by atoms with van der Waals surface area (Å²) < 4.78 is 0. The third kappa shape index (κ3) is 1.78. The topological polar surface area (TPSA) is 40.5 Å². The molecule has 1 heterocycles. The molecule has 2 fully saturated rings. The number of carboxylic acids is 1. The van der Waals surface area contributed by atoms with Crippen LogP contribution in [0.1, 0.15) is 39.0 Å². The van der Waals surface area contributed by atoms with Crippen LogP contribution in [-0.2, 0) is 4.79 Å². The molecule has 0 radical (unpaired) electrons. The zero-order valence-corrected chi connectivity index (χ0v) is 8.83. The third-order valence-corrected chi connectivity index (χ3v) is 3.89. The first kappa shape index (κ1) is 9.97. The van der Waals surface area contributed by atoms with Crippen molar-refractivity contribution in [3.63, 3.8) is 0 Å². The molecule has 0 bridgehead atoms.